The van der Waals surface area contributed by atoms with Crippen molar-refractivity contribution in [1.29, 1.82) is 0 Å². The van der Waals surface area contributed by atoms with E-state index in [9.17, 15) is 4.79 Å². The van der Waals surface area contributed by atoms with Crippen molar-refractivity contribution in [1.82, 2.24) is 4.90 Å². The smallest absolute Gasteiger partial charge is 0.414 e. The van der Waals surface area contributed by atoms with Crippen LogP contribution in [-0.4, -0.2) is 22.4 Å². The van der Waals surface area contributed by atoms with E-state index in [2.05, 4.69) is 22.5 Å². The number of rotatable bonds is 2. The van der Waals surface area contributed by atoms with Gasteiger partial charge in [-0.25, -0.2) is 4.79 Å². The fourth-order valence-electron chi connectivity index (χ4n) is 1.54. The van der Waals surface area contributed by atoms with E-state index in [1.165, 1.54) is 0 Å². The van der Waals surface area contributed by atoms with Crippen LogP contribution in [0, 0.1) is 0 Å². The van der Waals surface area contributed by atoms with Crippen molar-refractivity contribution >= 4 is 22.0 Å². The molecule has 84 valence electrons. The Morgan fingerprint density at radius 2 is 2.12 bits per heavy atom. The van der Waals surface area contributed by atoms with Crippen molar-refractivity contribution in [2.75, 3.05) is 6.54 Å². The zero-order valence-corrected chi connectivity index (χ0v) is 10.3. The molecule has 1 amide bonds. The molecular formula is C12H12BrNO2. The van der Waals surface area contributed by atoms with Crippen LogP contribution in [0.15, 0.2) is 42.7 Å². The first kappa shape index (κ1) is 11.2. The predicted molar refractivity (Wildman–Crippen MR) is 65.2 cm³/mol. The standard InChI is InChI=1S/C12H12BrNO2/c1-9-11(13)8-14(12(15)16-9)7-10-5-3-2-4-6-10/h2-6,11H,1,7-8H2. The van der Waals surface area contributed by atoms with Gasteiger partial charge in [0.1, 0.15) is 5.76 Å². The third-order valence-corrected chi connectivity index (χ3v) is 3.22. The Morgan fingerprint density at radius 3 is 2.81 bits per heavy atom. The molecule has 4 heteroatoms. The Morgan fingerprint density at radius 1 is 1.44 bits per heavy atom. The molecular weight excluding hydrogens is 270 g/mol. The number of ether oxygens (including phenoxy) is 1. The van der Waals surface area contributed by atoms with Crippen LogP contribution < -0.4 is 0 Å². The van der Waals surface area contributed by atoms with Gasteiger partial charge in [-0.3, -0.25) is 0 Å². The first-order valence-corrected chi connectivity index (χ1v) is 5.92. The first-order valence-electron chi connectivity index (χ1n) is 5.00. The molecule has 1 unspecified atom stereocenters. The average Bonchev–Trinajstić information content (AvgIpc) is 2.27. The zero-order chi connectivity index (χ0) is 11.5. The maximum Gasteiger partial charge on any atom is 0.415 e. The van der Waals surface area contributed by atoms with Crippen LogP contribution in [-0.2, 0) is 11.3 Å². The minimum absolute atomic E-state index is 0.00825. The van der Waals surface area contributed by atoms with E-state index in [0.717, 1.165) is 5.56 Å². The number of benzene rings is 1. The Bertz CT molecular complexity index is 405. The highest BCUT2D eigenvalue weighted by Gasteiger charge is 2.28. The molecule has 1 saturated heterocycles. The lowest BCUT2D eigenvalue weighted by Gasteiger charge is -2.30. The maximum atomic E-state index is 11.6. The second kappa shape index (κ2) is 4.70. The lowest BCUT2D eigenvalue weighted by molar-refractivity contribution is 0.105. The SMILES string of the molecule is C=C1OC(=O)N(Cc2ccccc2)CC1Br. The number of nitrogens with zero attached hydrogens (tertiary/aromatic N) is 1. The molecule has 0 bridgehead atoms. The van der Waals surface area contributed by atoms with Gasteiger partial charge in [0.25, 0.3) is 0 Å². The molecule has 2 rings (SSSR count). The molecule has 0 radical (unpaired) electrons. The van der Waals surface area contributed by atoms with Gasteiger partial charge in [0.2, 0.25) is 0 Å². The highest BCUT2D eigenvalue weighted by atomic mass is 79.9. The summed E-state index contributed by atoms with van der Waals surface area (Å²) in [4.78, 5) is 13.2. The number of carbonyl (C=O) groups is 1. The summed E-state index contributed by atoms with van der Waals surface area (Å²) in [6.07, 6.45) is -0.329. The molecule has 1 atom stereocenters. The van der Waals surface area contributed by atoms with Gasteiger partial charge >= 0.3 is 6.09 Å². The summed E-state index contributed by atoms with van der Waals surface area (Å²) in [6.45, 7) is 4.82. The van der Waals surface area contributed by atoms with Crippen LogP contribution in [0.25, 0.3) is 0 Å². The molecule has 0 saturated carbocycles. The Hall–Kier alpha value is -1.29. The molecule has 16 heavy (non-hydrogen) atoms. The molecule has 0 aliphatic carbocycles. The lowest BCUT2D eigenvalue weighted by atomic mass is 10.2. The number of halogens is 1. The van der Waals surface area contributed by atoms with Gasteiger partial charge in [-0.2, -0.15) is 0 Å². The van der Waals surface area contributed by atoms with Gasteiger partial charge in [0.15, 0.2) is 0 Å². The van der Waals surface area contributed by atoms with E-state index in [1.54, 1.807) is 4.90 Å². The molecule has 1 heterocycles. The van der Waals surface area contributed by atoms with Gasteiger partial charge in [0, 0.05) is 13.1 Å². The van der Waals surface area contributed by atoms with Gasteiger partial charge in [-0.15, -0.1) is 0 Å². The van der Waals surface area contributed by atoms with Crippen LogP contribution >= 0.6 is 15.9 Å². The molecule has 3 nitrogen and oxygen atoms in total. The zero-order valence-electron chi connectivity index (χ0n) is 8.73. The Kier molecular flexibility index (Phi) is 3.29. The quantitative estimate of drug-likeness (QED) is 0.780. The summed E-state index contributed by atoms with van der Waals surface area (Å²) in [5.41, 5.74) is 1.09. The molecule has 1 aliphatic heterocycles. The van der Waals surface area contributed by atoms with Crippen molar-refractivity contribution in [3.8, 4) is 0 Å². The monoisotopic (exact) mass is 281 g/mol. The minimum atomic E-state index is -0.329. The first-order chi connectivity index (χ1) is 7.66. The van der Waals surface area contributed by atoms with E-state index in [0.29, 0.717) is 18.8 Å². The highest BCUT2D eigenvalue weighted by molar-refractivity contribution is 9.09. The van der Waals surface area contributed by atoms with Crippen molar-refractivity contribution in [3.63, 3.8) is 0 Å². The summed E-state index contributed by atoms with van der Waals surface area (Å²) in [6, 6.07) is 9.83. The molecule has 1 aromatic rings. The molecule has 1 fully saturated rings. The minimum Gasteiger partial charge on any atom is -0.414 e. The highest BCUT2D eigenvalue weighted by Crippen LogP contribution is 2.22. The second-order valence-corrected chi connectivity index (χ2v) is 4.77. The largest absolute Gasteiger partial charge is 0.415 e. The Balaban J connectivity index is 2.05. The molecule has 0 aromatic heterocycles. The predicted octanol–water partition coefficient (Wildman–Crippen LogP) is 2.92. The second-order valence-electron chi connectivity index (χ2n) is 3.67. The summed E-state index contributed by atoms with van der Waals surface area (Å²) in [7, 11) is 0. The fourth-order valence-corrected chi connectivity index (χ4v) is 1.99. The van der Waals surface area contributed by atoms with Crippen LogP contribution in [0.3, 0.4) is 0 Å². The number of hydrogen-bond donors (Lipinski definition) is 0. The Labute approximate surface area is 103 Å². The topological polar surface area (TPSA) is 29.5 Å². The lowest BCUT2D eigenvalue weighted by Crippen LogP contribution is -2.41. The van der Waals surface area contributed by atoms with Crippen LogP contribution in [0.4, 0.5) is 4.79 Å². The maximum absolute atomic E-state index is 11.6. The van der Waals surface area contributed by atoms with Crippen molar-refractivity contribution in [2.45, 2.75) is 11.4 Å². The fraction of sp³-hybridized carbons (Fsp3) is 0.250. The van der Waals surface area contributed by atoms with E-state index >= 15 is 0 Å². The number of hydrogen-bond acceptors (Lipinski definition) is 2. The number of amides is 1. The molecule has 1 aliphatic rings. The molecule has 0 N–H and O–H groups in total. The van der Waals surface area contributed by atoms with E-state index in [1.807, 2.05) is 30.3 Å². The van der Waals surface area contributed by atoms with E-state index < -0.39 is 0 Å². The third kappa shape index (κ3) is 2.44. The number of alkyl halides is 1. The summed E-state index contributed by atoms with van der Waals surface area (Å²) in [5.74, 6) is 0.481. The van der Waals surface area contributed by atoms with Gasteiger partial charge in [-0.1, -0.05) is 52.8 Å². The van der Waals surface area contributed by atoms with Crippen molar-refractivity contribution in [3.05, 3.63) is 48.2 Å². The van der Waals surface area contributed by atoms with Crippen LogP contribution in [0.2, 0.25) is 0 Å². The van der Waals surface area contributed by atoms with Gasteiger partial charge in [0.05, 0.1) is 4.83 Å². The van der Waals surface area contributed by atoms with E-state index in [-0.39, 0.29) is 10.9 Å². The number of cyclic esters (lactones) is 1. The molecule has 1 aromatic carbocycles. The number of carbonyl (C=O) groups excluding carboxylic acids is 1. The third-order valence-electron chi connectivity index (χ3n) is 2.42. The van der Waals surface area contributed by atoms with E-state index in [4.69, 9.17) is 4.74 Å². The molecule has 0 spiro atoms. The van der Waals surface area contributed by atoms with Gasteiger partial charge < -0.3 is 9.64 Å². The summed E-state index contributed by atoms with van der Waals surface area (Å²) in [5, 5.41) is 0. The van der Waals surface area contributed by atoms with Crippen molar-refractivity contribution < 1.29 is 9.53 Å². The van der Waals surface area contributed by atoms with Gasteiger partial charge in [-0.05, 0) is 5.56 Å². The normalized spacial score (nSPS) is 20.8. The van der Waals surface area contributed by atoms with Crippen LogP contribution in [0.1, 0.15) is 5.56 Å². The van der Waals surface area contributed by atoms with Crippen LogP contribution in [0.5, 0.6) is 0 Å². The summed E-state index contributed by atoms with van der Waals surface area (Å²) >= 11 is 3.42. The summed E-state index contributed by atoms with van der Waals surface area (Å²) < 4.78 is 5.03. The average molecular weight is 282 g/mol. The van der Waals surface area contributed by atoms with Crippen molar-refractivity contribution in [2.24, 2.45) is 0 Å².